The van der Waals surface area contributed by atoms with Gasteiger partial charge in [-0.05, 0) is 25.7 Å². The number of carboxylic acids is 1. The van der Waals surface area contributed by atoms with Crippen LogP contribution in [-0.4, -0.2) is 67.0 Å². The Kier molecular flexibility index (Phi) is 4.88. The highest BCUT2D eigenvalue weighted by atomic mass is 32.2. The van der Waals surface area contributed by atoms with Crippen LogP contribution in [-0.2, 0) is 19.6 Å². The fourth-order valence-corrected chi connectivity index (χ4v) is 3.96. The molecule has 0 aromatic carbocycles. The van der Waals surface area contributed by atoms with Crippen molar-refractivity contribution in [3.63, 3.8) is 0 Å². The van der Waals surface area contributed by atoms with E-state index in [0.29, 0.717) is 45.3 Å². The van der Waals surface area contributed by atoms with Gasteiger partial charge < -0.3 is 10.0 Å². The van der Waals surface area contributed by atoms with Gasteiger partial charge in [0, 0.05) is 26.2 Å². The third kappa shape index (κ3) is 3.94. The molecule has 0 spiro atoms. The second-order valence-corrected chi connectivity index (χ2v) is 7.88. The molecule has 1 N–H and O–H groups in total. The molecule has 0 bridgehead atoms. The summed E-state index contributed by atoms with van der Waals surface area (Å²) in [5, 5.41) is 8.96. The first kappa shape index (κ1) is 16.2. The number of rotatable bonds is 3. The van der Waals surface area contributed by atoms with E-state index >= 15 is 0 Å². The van der Waals surface area contributed by atoms with Crippen LogP contribution in [0.1, 0.15) is 25.7 Å². The van der Waals surface area contributed by atoms with E-state index in [9.17, 15) is 18.0 Å². The Hall–Kier alpha value is -1.15. The lowest BCUT2D eigenvalue weighted by Gasteiger charge is -2.36. The SMILES string of the molecule is CS(=O)(=O)N1CCCC(C(=O)N2CCC(C(=O)O)CC2)C1. The largest absolute Gasteiger partial charge is 0.481 e. The Morgan fingerprint density at radius 2 is 1.67 bits per heavy atom. The van der Waals surface area contributed by atoms with E-state index in [1.807, 2.05) is 0 Å². The maximum Gasteiger partial charge on any atom is 0.306 e. The number of hydrogen-bond donors (Lipinski definition) is 1. The molecular weight excluding hydrogens is 296 g/mol. The fourth-order valence-electron chi connectivity index (χ4n) is 3.05. The first-order chi connectivity index (χ1) is 9.79. The molecule has 1 unspecified atom stereocenters. The lowest BCUT2D eigenvalue weighted by Crippen LogP contribution is -2.48. The number of piperidine rings is 2. The van der Waals surface area contributed by atoms with Gasteiger partial charge in [-0.15, -0.1) is 0 Å². The average Bonchev–Trinajstić information content (AvgIpc) is 2.46. The summed E-state index contributed by atoms with van der Waals surface area (Å²) >= 11 is 0. The van der Waals surface area contributed by atoms with Crippen LogP contribution in [0, 0.1) is 11.8 Å². The van der Waals surface area contributed by atoms with Crippen molar-refractivity contribution >= 4 is 21.9 Å². The molecule has 0 aromatic rings. The molecule has 2 aliphatic rings. The molecule has 0 radical (unpaired) electrons. The van der Waals surface area contributed by atoms with Gasteiger partial charge in [0.1, 0.15) is 0 Å². The van der Waals surface area contributed by atoms with Gasteiger partial charge >= 0.3 is 5.97 Å². The third-order valence-electron chi connectivity index (χ3n) is 4.36. The molecule has 1 amide bonds. The Morgan fingerprint density at radius 3 is 2.19 bits per heavy atom. The van der Waals surface area contributed by atoms with Crippen molar-refractivity contribution < 1.29 is 23.1 Å². The summed E-state index contributed by atoms with van der Waals surface area (Å²) in [4.78, 5) is 25.1. The summed E-state index contributed by atoms with van der Waals surface area (Å²) < 4.78 is 24.5. The first-order valence-corrected chi connectivity index (χ1v) is 9.10. The molecule has 21 heavy (non-hydrogen) atoms. The number of carboxylic acid groups (broad SMARTS) is 1. The lowest BCUT2D eigenvalue weighted by atomic mass is 9.93. The smallest absolute Gasteiger partial charge is 0.306 e. The first-order valence-electron chi connectivity index (χ1n) is 7.25. The molecule has 1 atom stereocenters. The van der Waals surface area contributed by atoms with E-state index in [2.05, 4.69) is 0 Å². The van der Waals surface area contributed by atoms with Gasteiger partial charge in [-0.2, -0.15) is 0 Å². The summed E-state index contributed by atoms with van der Waals surface area (Å²) in [5.74, 6) is -1.50. The van der Waals surface area contributed by atoms with Crippen molar-refractivity contribution in [3.05, 3.63) is 0 Å². The number of sulfonamides is 1. The Labute approximate surface area is 125 Å². The minimum atomic E-state index is -3.26. The van der Waals surface area contributed by atoms with Crippen LogP contribution in [0.25, 0.3) is 0 Å². The van der Waals surface area contributed by atoms with Gasteiger partial charge in [-0.3, -0.25) is 9.59 Å². The standard InChI is InChI=1S/C13H22N2O5S/c1-21(19,20)15-6-2-3-11(9-15)12(16)14-7-4-10(5-8-14)13(17)18/h10-11H,2-9H2,1H3,(H,17,18). The number of likely N-dealkylation sites (tertiary alicyclic amines) is 1. The molecule has 0 aromatic heterocycles. The third-order valence-corrected chi connectivity index (χ3v) is 5.63. The van der Waals surface area contributed by atoms with E-state index in [4.69, 9.17) is 5.11 Å². The van der Waals surface area contributed by atoms with Crippen molar-refractivity contribution in [1.82, 2.24) is 9.21 Å². The molecule has 0 saturated carbocycles. The fraction of sp³-hybridized carbons (Fsp3) is 0.846. The van der Waals surface area contributed by atoms with Gasteiger partial charge in [-0.1, -0.05) is 0 Å². The van der Waals surface area contributed by atoms with Gasteiger partial charge in [0.2, 0.25) is 15.9 Å². The van der Waals surface area contributed by atoms with E-state index < -0.39 is 16.0 Å². The summed E-state index contributed by atoms with van der Waals surface area (Å²) in [6.45, 7) is 1.62. The molecule has 2 aliphatic heterocycles. The van der Waals surface area contributed by atoms with E-state index in [1.54, 1.807) is 4.90 Å². The van der Waals surface area contributed by atoms with Crippen LogP contribution in [0.2, 0.25) is 0 Å². The number of amides is 1. The molecule has 2 fully saturated rings. The second kappa shape index (κ2) is 6.31. The maximum absolute atomic E-state index is 12.5. The maximum atomic E-state index is 12.5. The molecule has 2 rings (SSSR count). The topological polar surface area (TPSA) is 95.0 Å². The Bertz CT molecular complexity index is 511. The zero-order chi connectivity index (χ0) is 15.6. The van der Waals surface area contributed by atoms with Crippen molar-refractivity contribution in [3.8, 4) is 0 Å². The van der Waals surface area contributed by atoms with Crippen LogP contribution in [0.4, 0.5) is 0 Å². The highest BCUT2D eigenvalue weighted by Gasteiger charge is 2.34. The predicted molar refractivity (Wildman–Crippen MR) is 76.1 cm³/mol. The molecule has 7 nitrogen and oxygen atoms in total. The Morgan fingerprint density at radius 1 is 1.05 bits per heavy atom. The number of carbonyl (C=O) groups excluding carboxylic acids is 1. The highest BCUT2D eigenvalue weighted by molar-refractivity contribution is 7.88. The van der Waals surface area contributed by atoms with Crippen LogP contribution in [0.3, 0.4) is 0 Å². The van der Waals surface area contributed by atoms with E-state index in [1.165, 1.54) is 4.31 Å². The molecule has 2 heterocycles. The van der Waals surface area contributed by atoms with Crippen LogP contribution >= 0.6 is 0 Å². The predicted octanol–water partition coefficient (Wildman–Crippen LogP) is -0.0188. The monoisotopic (exact) mass is 318 g/mol. The number of hydrogen-bond acceptors (Lipinski definition) is 4. The van der Waals surface area contributed by atoms with Gasteiger partial charge in [0.15, 0.2) is 0 Å². The van der Waals surface area contributed by atoms with E-state index in [-0.39, 0.29) is 24.3 Å². The van der Waals surface area contributed by atoms with Gasteiger partial charge in [0.25, 0.3) is 0 Å². The van der Waals surface area contributed by atoms with Crippen LogP contribution in [0.5, 0.6) is 0 Å². The van der Waals surface area contributed by atoms with Crippen molar-refractivity contribution in [1.29, 1.82) is 0 Å². The normalized spacial score (nSPS) is 25.8. The zero-order valence-electron chi connectivity index (χ0n) is 12.2. The minimum absolute atomic E-state index is 0.0350. The summed E-state index contributed by atoms with van der Waals surface area (Å²) in [5.41, 5.74) is 0. The lowest BCUT2D eigenvalue weighted by molar-refractivity contribution is -0.147. The highest BCUT2D eigenvalue weighted by Crippen LogP contribution is 2.24. The number of carbonyl (C=O) groups is 2. The molecular formula is C13H22N2O5S. The van der Waals surface area contributed by atoms with Crippen molar-refractivity contribution in [2.75, 3.05) is 32.4 Å². The van der Waals surface area contributed by atoms with Crippen molar-refractivity contribution in [2.24, 2.45) is 11.8 Å². The summed E-state index contributed by atoms with van der Waals surface area (Å²) in [6, 6.07) is 0. The summed E-state index contributed by atoms with van der Waals surface area (Å²) in [6.07, 6.45) is 3.50. The average molecular weight is 318 g/mol. The number of nitrogens with zero attached hydrogens (tertiary/aromatic N) is 2. The number of aliphatic carboxylic acids is 1. The zero-order valence-corrected chi connectivity index (χ0v) is 13.0. The Balaban J connectivity index is 1.93. The van der Waals surface area contributed by atoms with E-state index in [0.717, 1.165) is 6.26 Å². The van der Waals surface area contributed by atoms with Crippen LogP contribution in [0.15, 0.2) is 0 Å². The summed E-state index contributed by atoms with van der Waals surface area (Å²) in [7, 11) is -3.26. The molecule has 0 aliphatic carbocycles. The molecule has 8 heteroatoms. The van der Waals surface area contributed by atoms with Gasteiger partial charge in [-0.25, -0.2) is 12.7 Å². The molecule has 120 valence electrons. The quantitative estimate of drug-likeness (QED) is 0.789. The van der Waals surface area contributed by atoms with Crippen molar-refractivity contribution in [2.45, 2.75) is 25.7 Å². The van der Waals surface area contributed by atoms with Crippen LogP contribution < -0.4 is 0 Å². The second-order valence-electron chi connectivity index (χ2n) is 5.90. The molecule has 2 saturated heterocycles. The minimum Gasteiger partial charge on any atom is -0.481 e. The van der Waals surface area contributed by atoms with Gasteiger partial charge in [0.05, 0.1) is 18.1 Å².